The van der Waals surface area contributed by atoms with E-state index in [-0.39, 0.29) is 0 Å². The molecule has 0 saturated heterocycles. The Kier molecular flexibility index (Phi) is 4.81. The van der Waals surface area contributed by atoms with Crippen LogP contribution < -0.4 is 5.32 Å². The lowest BCUT2D eigenvalue weighted by atomic mass is 10.1. The second-order valence-electron chi connectivity index (χ2n) is 4.45. The molecule has 0 bridgehead atoms. The quantitative estimate of drug-likeness (QED) is 0.791. The lowest BCUT2D eigenvalue weighted by Crippen LogP contribution is -2.28. The Labute approximate surface area is 97.9 Å². The van der Waals surface area contributed by atoms with Gasteiger partial charge < -0.3 is 5.32 Å². The fraction of sp³-hybridized carbons (Fsp3) is 0.692. The number of hydrogen-bond donors (Lipinski definition) is 1. The maximum Gasteiger partial charge on any atom is 0.0305 e. The summed E-state index contributed by atoms with van der Waals surface area (Å²) in [5, 5.41) is 3.66. The van der Waals surface area contributed by atoms with E-state index >= 15 is 0 Å². The molecule has 1 heterocycles. The molecule has 2 atom stereocenters. The van der Waals surface area contributed by atoms with Crippen molar-refractivity contribution in [2.75, 3.05) is 0 Å². The van der Waals surface area contributed by atoms with Crippen molar-refractivity contribution < 1.29 is 0 Å². The normalized spacial score (nSPS) is 15.3. The first-order chi connectivity index (χ1) is 7.04. The van der Waals surface area contributed by atoms with Crippen molar-refractivity contribution in [2.45, 2.75) is 59.5 Å². The van der Waals surface area contributed by atoms with Gasteiger partial charge in [-0.05, 0) is 45.7 Å². The molecule has 0 saturated carbocycles. The summed E-state index contributed by atoms with van der Waals surface area (Å²) >= 11 is 1.90. The molecule has 86 valence electrons. The van der Waals surface area contributed by atoms with E-state index in [1.165, 1.54) is 28.2 Å². The smallest absolute Gasteiger partial charge is 0.0305 e. The van der Waals surface area contributed by atoms with E-state index in [1.807, 2.05) is 11.3 Å². The monoisotopic (exact) mass is 225 g/mol. The molecule has 0 amide bonds. The van der Waals surface area contributed by atoms with Gasteiger partial charge in [0.05, 0.1) is 0 Å². The molecule has 1 rings (SSSR count). The van der Waals surface area contributed by atoms with E-state index in [0.717, 1.165) is 0 Å². The highest BCUT2D eigenvalue weighted by atomic mass is 32.1. The third kappa shape index (κ3) is 3.62. The standard InChI is InChI=1S/C13H23NS/c1-6-7-9(2)14-11(4)13-8-10(3)15-12(13)5/h8-9,11,14H,6-7H2,1-5H3. The van der Waals surface area contributed by atoms with Gasteiger partial charge in [0.2, 0.25) is 0 Å². The number of rotatable bonds is 5. The van der Waals surface area contributed by atoms with Crippen LogP contribution in [0.3, 0.4) is 0 Å². The Hall–Kier alpha value is -0.340. The van der Waals surface area contributed by atoms with Gasteiger partial charge in [-0.1, -0.05) is 13.3 Å². The first-order valence-corrected chi connectivity index (χ1v) is 6.69. The minimum absolute atomic E-state index is 0.483. The number of hydrogen-bond acceptors (Lipinski definition) is 2. The summed E-state index contributed by atoms with van der Waals surface area (Å²) in [7, 11) is 0. The van der Waals surface area contributed by atoms with Gasteiger partial charge in [-0.25, -0.2) is 0 Å². The molecule has 0 fully saturated rings. The van der Waals surface area contributed by atoms with Crippen molar-refractivity contribution in [2.24, 2.45) is 0 Å². The first-order valence-electron chi connectivity index (χ1n) is 5.87. The Morgan fingerprint density at radius 1 is 1.33 bits per heavy atom. The Morgan fingerprint density at radius 2 is 2.00 bits per heavy atom. The molecule has 15 heavy (non-hydrogen) atoms. The maximum atomic E-state index is 3.66. The van der Waals surface area contributed by atoms with E-state index in [0.29, 0.717) is 12.1 Å². The highest BCUT2D eigenvalue weighted by Crippen LogP contribution is 2.26. The fourth-order valence-corrected chi connectivity index (χ4v) is 3.14. The van der Waals surface area contributed by atoms with Gasteiger partial charge in [0.15, 0.2) is 0 Å². The summed E-state index contributed by atoms with van der Waals surface area (Å²) in [6, 6.07) is 3.41. The molecule has 1 aromatic rings. The number of thiophene rings is 1. The molecule has 1 aromatic heterocycles. The summed E-state index contributed by atoms with van der Waals surface area (Å²) in [6.45, 7) is 11.2. The summed E-state index contributed by atoms with van der Waals surface area (Å²) in [4.78, 5) is 2.87. The molecule has 1 nitrogen and oxygen atoms in total. The molecule has 0 spiro atoms. The van der Waals surface area contributed by atoms with Gasteiger partial charge in [-0.3, -0.25) is 0 Å². The fourth-order valence-electron chi connectivity index (χ4n) is 2.11. The SMILES string of the molecule is CCCC(C)NC(C)c1cc(C)sc1C. The largest absolute Gasteiger partial charge is 0.308 e. The van der Waals surface area contributed by atoms with Gasteiger partial charge in [0, 0.05) is 21.8 Å². The van der Waals surface area contributed by atoms with Crippen molar-refractivity contribution in [3.63, 3.8) is 0 Å². The Balaban J connectivity index is 2.60. The average Bonchev–Trinajstić information content (AvgIpc) is 2.45. The zero-order valence-electron chi connectivity index (χ0n) is 10.6. The molecule has 2 heteroatoms. The van der Waals surface area contributed by atoms with E-state index in [1.54, 1.807) is 0 Å². The molecule has 0 aromatic carbocycles. The minimum Gasteiger partial charge on any atom is -0.308 e. The van der Waals surface area contributed by atoms with Crippen LogP contribution in [0.15, 0.2) is 6.07 Å². The molecule has 0 aliphatic heterocycles. The second kappa shape index (κ2) is 5.66. The van der Waals surface area contributed by atoms with Gasteiger partial charge >= 0.3 is 0 Å². The molecule has 2 unspecified atom stereocenters. The van der Waals surface area contributed by atoms with Crippen molar-refractivity contribution in [3.05, 3.63) is 21.4 Å². The van der Waals surface area contributed by atoms with Crippen LogP contribution in [-0.4, -0.2) is 6.04 Å². The van der Waals surface area contributed by atoms with Crippen LogP contribution in [-0.2, 0) is 0 Å². The second-order valence-corrected chi connectivity index (χ2v) is 5.91. The molecule has 0 aliphatic rings. The average molecular weight is 225 g/mol. The van der Waals surface area contributed by atoms with Crippen LogP contribution in [0.25, 0.3) is 0 Å². The lowest BCUT2D eigenvalue weighted by Gasteiger charge is -2.19. The molecule has 0 aliphatic carbocycles. The molecule has 1 N–H and O–H groups in total. The third-order valence-corrected chi connectivity index (χ3v) is 3.78. The van der Waals surface area contributed by atoms with E-state index in [9.17, 15) is 0 Å². The zero-order valence-corrected chi connectivity index (χ0v) is 11.4. The minimum atomic E-state index is 0.483. The van der Waals surface area contributed by atoms with Gasteiger partial charge in [0.1, 0.15) is 0 Å². The zero-order chi connectivity index (χ0) is 11.4. The van der Waals surface area contributed by atoms with E-state index < -0.39 is 0 Å². The lowest BCUT2D eigenvalue weighted by molar-refractivity contribution is 0.452. The summed E-state index contributed by atoms with van der Waals surface area (Å²) in [6.07, 6.45) is 2.51. The van der Waals surface area contributed by atoms with Crippen molar-refractivity contribution in [1.82, 2.24) is 5.32 Å². The molecule has 0 radical (unpaired) electrons. The van der Waals surface area contributed by atoms with Crippen molar-refractivity contribution >= 4 is 11.3 Å². The van der Waals surface area contributed by atoms with Gasteiger partial charge in [-0.15, -0.1) is 11.3 Å². The van der Waals surface area contributed by atoms with Crippen LogP contribution >= 0.6 is 11.3 Å². The van der Waals surface area contributed by atoms with Crippen LogP contribution in [0.2, 0.25) is 0 Å². The highest BCUT2D eigenvalue weighted by Gasteiger charge is 2.12. The van der Waals surface area contributed by atoms with Crippen LogP contribution in [0, 0.1) is 13.8 Å². The van der Waals surface area contributed by atoms with Gasteiger partial charge in [0.25, 0.3) is 0 Å². The summed E-state index contributed by atoms with van der Waals surface area (Å²) in [5.74, 6) is 0. The van der Waals surface area contributed by atoms with Crippen LogP contribution in [0.4, 0.5) is 0 Å². The number of aryl methyl sites for hydroxylation is 2. The van der Waals surface area contributed by atoms with Gasteiger partial charge in [-0.2, -0.15) is 0 Å². The maximum absolute atomic E-state index is 3.66. The predicted molar refractivity (Wildman–Crippen MR) is 69.7 cm³/mol. The Morgan fingerprint density at radius 3 is 2.47 bits per heavy atom. The van der Waals surface area contributed by atoms with Crippen LogP contribution in [0.1, 0.15) is 55.0 Å². The highest BCUT2D eigenvalue weighted by molar-refractivity contribution is 7.12. The topological polar surface area (TPSA) is 12.0 Å². The molecular weight excluding hydrogens is 202 g/mol. The van der Waals surface area contributed by atoms with E-state index in [2.05, 4.69) is 46.0 Å². The summed E-state index contributed by atoms with van der Waals surface area (Å²) < 4.78 is 0. The first kappa shape index (κ1) is 12.7. The third-order valence-electron chi connectivity index (χ3n) is 2.80. The number of nitrogens with one attached hydrogen (secondary N) is 1. The summed E-state index contributed by atoms with van der Waals surface area (Å²) in [5.41, 5.74) is 1.47. The Bertz CT molecular complexity index is 303. The van der Waals surface area contributed by atoms with Crippen LogP contribution in [0.5, 0.6) is 0 Å². The predicted octanol–water partition coefficient (Wildman–Crippen LogP) is 4.20. The van der Waals surface area contributed by atoms with E-state index in [4.69, 9.17) is 0 Å². The molecular formula is C13H23NS. The van der Waals surface area contributed by atoms with Crippen molar-refractivity contribution in [3.8, 4) is 0 Å². The van der Waals surface area contributed by atoms with Crippen molar-refractivity contribution in [1.29, 1.82) is 0 Å².